The molecule has 2 aliphatic carbocycles. The van der Waals surface area contributed by atoms with Crippen molar-refractivity contribution < 1.29 is 18.0 Å². The highest BCUT2D eigenvalue weighted by Gasteiger charge is 2.59. The predicted molar refractivity (Wildman–Crippen MR) is 190 cm³/mol. The molecule has 0 unspecified atom stereocenters. The fourth-order valence-corrected chi connectivity index (χ4v) is 12.6. The third-order valence-corrected chi connectivity index (χ3v) is 22.2. The zero-order valence-electron chi connectivity index (χ0n) is 30.8. The van der Waals surface area contributed by atoms with Crippen LogP contribution in [0.4, 0.5) is 0 Å². The Labute approximate surface area is 272 Å². The Bertz CT molecular complexity index is 1200. The zero-order valence-corrected chi connectivity index (χ0v) is 32.8. The molecule has 5 nitrogen and oxygen atoms in total. The van der Waals surface area contributed by atoms with Gasteiger partial charge < -0.3 is 18.0 Å². The van der Waals surface area contributed by atoms with Crippen LogP contribution in [0.3, 0.4) is 0 Å². The van der Waals surface area contributed by atoms with Gasteiger partial charge in [0.05, 0.1) is 18.8 Å². The molecule has 0 bridgehead atoms. The van der Waals surface area contributed by atoms with E-state index in [2.05, 4.69) is 75.1 Å². The quantitative estimate of drug-likeness (QED) is 0.121. The maximum atomic E-state index is 13.6. The van der Waals surface area contributed by atoms with Crippen LogP contribution in [-0.4, -0.2) is 36.5 Å². The minimum absolute atomic E-state index is 0.00926. The highest BCUT2D eigenvalue weighted by atomic mass is 28.4. The van der Waals surface area contributed by atoms with E-state index in [1.807, 2.05) is 13.8 Å². The summed E-state index contributed by atoms with van der Waals surface area (Å²) >= 11 is 0. The smallest absolute Gasteiger partial charge is 0.291 e. The first kappa shape index (κ1) is 37.3. The van der Waals surface area contributed by atoms with Gasteiger partial charge in [-0.25, -0.2) is 0 Å². The lowest BCUT2D eigenvalue weighted by Crippen LogP contribution is -2.59. The number of ether oxygens (including phenoxy) is 1. The normalized spacial score (nSPS) is 28.2. The molecule has 2 fully saturated rings. The van der Waals surface area contributed by atoms with E-state index in [0.717, 1.165) is 45.1 Å². The zero-order chi connectivity index (χ0) is 33.3. The predicted octanol–water partition coefficient (Wildman–Crippen LogP) is 10.4. The molecule has 1 aromatic heterocycles. The van der Waals surface area contributed by atoms with Crippen molar-refractivity contribution in [2.75, 3.05) is 13.7 Å². The first-order valence-corrected chi connectivity index (χ1v) is 23.0. The van der Waals surface area contributed by atoms with Crippen LogP contribution in [-0.2, 0) is 15.3 Å². The molecule has 5 atom stereocenters. The number of aryl methyl sites for hydroxylation is 1. The molecule has 0 amide bonds. The molecule has 44 heavy (non-hydrogen) atoms. The Morgan fingerprint density at radius 1 is 1.05 bits per heavy atom. The van der Waals surface area contributed by atoms with Crippen LogP contribution in [0.5, 0.6) is 5.95 Å². The molecule has 0 aliphatic heterocycles. The van der Waals surface area contributed by atoms with Crippen molar-refractivity contribution in [1.82, 2.24) is 0 Å². The highest BCUT2D eigenvalue weighted by molar-refractivity contribution is 6.74. The maximum Gasteiger partial charge on any atom is 0.291 e. The molecule has 1 aromatic rings. The number of hydrogen-bond acceptors (Lipinski definition) is 5. The van der Waals surface area contributed by atoms with Gasteiger partial charge in [-0.15, -0.1) is 0 Å². The summed E-state index contributed by atoms with van der Waals surface area (Å²) in [4.78, 5) is 13.6. The highest BCUT2D eigenvalue weighted by Crippen LogP contribution is 2.64. The molecule has 1 heterocycles. The van der Waals surface area contributed by atoms with Gasteiger partial charge in [0.2, 0.25) is 0 Å². The van der Waals surface area contributed by atoms with Gasteiger partial charge in [-0.1, -0.05) is 67.5 Å². The Morgan fingerprint density at radius 2 is 1.66 bits per heavy atom. The molecule has 0 saturated heterocycles. The van der Waals surface area contributed by atoms with Crippen molar-refractivity contribution >= 4 is 16.6 Å². The molecule has 0 radical (unpaired) electrons. The molecule has 0 N–H and O–H groups in total. The number of allylic oxidation sites excluding steroid dienone is 1. The Hall–Kier alpha value is -1.16. The van der Waals surface area contributed by atoms with E-state index in [4.69, 9.17) is 18.0 Å². The van der Waals surface area contributed by atoms with E-state index in [0.29, 0.717) is 35.2 Å². The molecule has 7 heteroatoms. The molecule has 0 aromatic carbocycles. The topological polar surface area (TPSA) is 57.9 Å². The first-order valence-electron chi connectivity index (χ1n) is 17.5. The third-order valence-electron chi connectivity index (χ3n) is 13.0. The van der Waals surface area contributed by atoms with Crippen LogP contribution in [0.2, 0.25) is 36.3 Å². The lowest BCUT2D eigenvalue weighted by Gasteiger charge is -2.62. The van der Waals surface area contributed by atoms with E-state index in [1.165, 1.54) is 23.7 Å². The first-order chi connectivity index (χ1) is 20.4. The van der Waals surface area contributed by atoms with Gasteiger partial charge in [-0.3, -0.25) is 4.79 Å². The largest absolute Gasteiger partial charge is 0.468 e. The average Bonchev–Trinajstić information content (AvgIpc) is 2.96. The lowest BCUT2D eigenvalue weighted by atomic mass is 9.45. The summed E-state index contributed by atoms with van der Waals surface area (Å²) < 4.78 is 25.8. The molecular formula is C37H66O5Si2. The summed E-state index contributed by atoms with van der Waals surface area (Å²) in [7, 11) is -2.02. The van der Waals surface area contributed by atoms with E-state index in [1.54, 1.807) is 7.11 Å². The SMILES string of the molecule is C=C1CC[C@@H]2[C@](C)(CC[C@@H](O[Si](CC)(CC)CC)[C@@]2(C)CCCO[Si](C)(C)C(C)(C)C)[C@@H]1Cc1c(OC)oc(C)c(C)c1=O. The van der Waals surface area contributed by atoms with Gasteiger partial charge in [0, 0.05) is 12.2 Å². The van der Waals surface area contributed by atoms with E-state index in [-0.39, 0.29) is 33.3 Å². The fourth-order valence-electron chi connectivity index (χ4n) is 8.48. The van der Waals surface area contributed by atoms with Crippen LogP contribution in [0.15, 0.2) is 21.4 Å². The van der Waals surface area contributed by atoms with Crippen molar-refractivity contribution in [3.8, 4) is 5.95 Å². The maximum absolute atomic E-state index is 13.6. The Morgan fingerprint density at radius 3 is 2.20 bits per heavy atom. The summed E-state index contributed by atoms with van der Waals surface area (Å²) in [6, 6.07) is 3.51. The van der Waals surface area contributed by atoms with E-state index >= 15 is 0 Å². The summed E-state index contributed by atoms with van der Waals surface area (Å²) in [6.45, 7) is 32.9. The van der Waals surface area contributed by atoms with Crippen molar-refractivity contribution in [3.63, 3.8) is 0 Å². The average molecular weight is 647 g/mol. The van der Waals surface area contributed by atoms with Gasteiger partial charge in [0.15, 0.2) is 22.1 Å². The van der Waals surface area contributed by atoms with Gasteiger partial charge in [0.1, 0.15) is 5.76 Å². The number of fused-ring (bicyclic) bond motifs is 1. The van der Waals surface area contributed by atoms with Gasteiger partial charge >= 0.3 is 0 Å². The Kier molecular flexibility index (Phi) is 11.8. The minimum Gasteiger partial charge on any atom is -0.468 e. The van der Waals surface area contributed by atoms with Crippen LogP contribution in [0.1, 0.15) is 111 Å². The number of hydrogen-bond donors (Lipinski definition) is 0. The van der Waals surface area contributed by atoms with Crippen molar-refractivity contribution in [2.24, 2.45) is 22.7 Å². The monoisotopic (exact) mass is 646 g/mol. The second-order valence-electron chi connectivity index (χ2n) is 16.2. The fraction of sp³-hybridized carbons (Fsp3) is 0.811. The molecule has 2 aliphatic rings. The molecule has 3 rings (SSSR count). The van der Waals surface area contributed by atoms with Crippen LogP contribution in [0, 0.1) is 36.5 Å². The summed E-state index contributed by atoms with van der Waals surface area (Å²) in [5.41, 5.74) is 2.70. The van der Waals surface area contributed by atoms with Gasteiger partial charge in [0.25, 0.3) is 5.95 Å². The summed E-state index contributed by atoms with van der Waals surface area (Å²) in [5.74, 6) is 1.65. The van der Waals surface area contributed by atoms with Gasteiger partial charge in [-0.05, 0) is 118 Å². The second kappa shape index (κ2) is 13.9. The number of methoxy groups -OCH3 is 1. The molecule has 0 spiro atoms. The molecule has 2 saturated carbocycles. The molecular weight excluding hydrogens is 581 g/mol. The van der Waals surface area contributed by atoms with Crippen molar-refractivity contribution in [2.45, 2.75) is 157 Å². The van der Waals surface area contributed by atoms with E-state index in [9.17, 15) is 4.79 Å². The standard InChI is InChI=1S/C37H66O5Si2/c1-15-44(16-2,17-3)42-32-21-23-36(10)30(25-29-33(38)27(5)28(6)41-34(29)39-12)26(4)19-20-31(36)37(32,11)22-18-24-40-43(13,14)35(7,8)9/h30-32H,4,15-25H2,1-3,5-14H3/t30-,31-,32-,36-,37+/m1/s1. The Balaban J connectivity index is 2.01. The van der Waals surface area contributed by atoms with Crippen molar-refractivity contribution in [1.29, 1.82) is 0 Å². The summed E-state index contributed by atoms with van der Waals surface area (Å²) in [6.07, 6.45) is 7.29. The second-order valence-corrected chi connectivity index (χ2v) is 25.7. The minimum atomic E-state index is -1.81. The summed E-state index contributed by atoms with van der Waals surface area (Å²) in [5, 5.41) is 0.208. The molecule has 252 valence electrons. The van der Waals surface area contributed by atoms with Crippen LogP contribution in [0.25, 0.3) is 0 Å². The lowest BCUT2D eigenvalue weighted by molar-refractivity contribution is -0.132. The van der Waals surface area contributed by atoms with Crippen LogP contribution >= 0.6 is 0 Å². The van der Waals surface area contributed by atoms with Gasteiger partial charge in [-0.2, -0.15) is 0 Å². The number of rotatable bonds is 13. The third kappa shape index (κ3) is 7.06. The van der Waals surface area contributed by atoms with Crippen molar-refractivity contribution in [3.05, 3.63) is 39.3 Å². The van der Waals surface area contributed by atoms with Crippen LogP contribution < -0.4 is 10.2 Å². The van der Waals surface area contributed by atoms with E-state index < -0.39 is 16.6 Å².